The van der Waals surface area contributed by atoms with Crippen LogP contribution < -0.4 is 5.32 Å². The maximum Gasteiger partial charge on any atom is 0.224 e. The van der Waals surface area contributed by atoms with Crippen molar-refractivity contribution in [3.8, 4) is 0 Å². The largest absolute Gasteiger partial charge is 0.358 e. The van der Waals surface area contributed by atoms with Crippen molar-refractivity contribution in [1.29, 1.82) is 0 Å². The molecule has 22 heavy (non-hydrogen) atoms. The Balaban J connectivity index is 1.61. The number of aromatic amines is 1. The fourth-order valence-electron chi connectivity index (χ4n) is 3.02. The molecule has 4 heteroatoms. The summed E-state index contributed by atoms with van der Waals surface area (Å²) < 4.78 is 0. The van der Waals surface area contributed by atoms with Crippen molar-refractivity contribution in [3.63, 3.8) is 0 Å². The smallest absolute Gasteiger partial charge is 0.224 e. The van der Waals surface area contributed by atoms with E-state index in [1.54, 1.807) is 0 Å². The second kappa shape index (κ2) is 6.13. The zero-order valence-corrected chi connectivity index (χ0v) is 13.7. The first-order valence-electron chi connectivity index (χ1n) is 8.09. The maximum atomic E-state index is 12.2. The van der Waals surface area contributed by atoms with Gasteiger partial charge in [-0.3, -0.25) is 4.79 Å². The lowest BCUT2D eigenvalue weighted by atomic mass is 10.1. The van der Waals surface area contributed by atoms with E-state index in [9.17, 15) is 4.79 Å². The molecule has 0 aliphatic heterocycles. The Morgan fingerprint density at radius 1 is 1.36 bits per heavy atom. The molecule has 1 aliphatic carbocycles. The van der Waals surface area contributed by atoms with Crippen LogP contribution in [0, 0.1) is 13.8 Å². The Bertz CT molecular complexity index is 685. The minimum Gasteiger partial charge on any atom is -0.358 e. The Hall–Kier alpha value is -1.81. The van der Waals surface area contributed by atoms with Crippen LogP contribution in [0.15, 0.2) is 18.2 Å². The van der Waals surface area contributed by atoms with Crippen LogP contribution in [0.5, 0.6) is 0 Å². The lowest BCUT2D eigenvalue weighted by molar-refractivity contribution is -0.120. The highest BCUT2D eigenvalue weighted by atomic mass is 16.1. The zero-order valence-electron chi connectivity index (χ0n) is 13.7. The molecular weight excluding hydrogens is 274 g/mol. The highest BCUT2D eigenvalue weighted by Crippen LogP contribution is 2.25. The quantitative estimate of drug-likeness (QED) is 0.861. The van der Waals surface area contributed by atoms with Gasteiger partial charge in [-0.25, -0.2) is 0 Å². The Morgan fingerprint density at radius 3 is 2.86 bits per heavy atom. The topological polar surface area (TPSA) is 48.1 Å². The molecule has 0 bridgehead atoms. The SMILES string of the molecule is Cc1ccc2[nH]c(C)c(CC(=O)NCCN(C)C3CC3)c2c1. The number of benzene rings is 1. The molecule has 2 N–H and O–H groups in total. The number of likely N-dealkylation sites (N-methyl/N-ethyl adjacent to an activating group) is 1. The Morgan fingerprint density at radius 2 is 2.14 bits per heavy atom. The molecule has 4 nitrogen and oxygen atoms in total. The highest BCUT2D eigenvalue weighted by Gasteiger charge is 2.25. The second-order valence-electron chi connectivity index (χ2n) is 6.52. The standard InChI is InChI=1S/C18H25N3O/c1-12-4-7-17-16(10-12)15(13(2)20-17)11-18(22)19-8-9-21(3)14-5-6-14/h4,7,10,14,20H,5-6,8-9,11H2,1-3H3,(H,19,22). The molecule has 3 rings (SSSR count). The number of nitrogens with one attached hydrogen (secondary N) is 2. The van der Waals surface area contributed by atoms with E-state index in [-0.39, 0.29) is 5.91 Å². The van der Waals surface area contributed by atoms with Gasteiger partial charge < -0.3 is 15.2 Å². The lowest BCUT2D eigenvalue weighted by Crippen LogP contribution is -2.34. The van der Waals surface area contributed by atoms with Crippen molar-refractivity contribution < 1.29 is 4.79 Å². The van der Waals surface area contributed by atoms with Crippen LogP contribution in [-0.2, 0) is 11.2 Å². The molecule has 1 fully saturated rings. The molecule has 0 unspecified atom stereocenters. The van der Waals surface area contributed by atoms with Gasteiger partial charge in [0.1, 0.15) is 0 Å². The van der Waals surface area contributed by atoms with Crippen molar-refractivity contribution in [1.82, 2.24) is 15.2 Å². The van der Waals surface area contributed by atoms with Crippen LogP contribution in [0.4, 0.5) is 0 Å². The first-order valence-corrected chi connectivity index (χ1v) is 8.09. The first kappa shape index (κ1) is 15.1. The van der Waals surface area contributed by atoms with Crippen molar-refractivity contribution in [2.24, 2.45) is 0 Å². The number of aromatic nitrogens is 1. The van der Waals surface area contributed by atoms with Gasteiger partial charge in [0.15, 0.2) is 0 Å². The van der Waals surface area contributed by atoms with Crippen molar-refractivity contribution >= 4 is 16.8 Å². The zero-order chi connectivity index (χ0) is 15.7. The van der Waals surface area contributed by atoms with Crippen LogP contribution in [-0.4, -0.2) is 42.0 Å². The number of carbonyl (C=O) groups is 1. The molecule has 1 saturated carbocycles. The summed E-state index contributed by atoms with van der Waals surface area (Å²) >= 11 is 0. The number of nitrogens with zero attached hydrogens (tertiary/aromatic N) is 1. The third-order valence-corrected chi connectivity index (χ3v) is 4.57. The van der Waals surface area contributed by atoms with Gasteiger partial charge in [0, 0.05) is 35.7 Å². The predicted octanol–water partition coefficient (Wildman–Crippen LogP) is 2.54. The summed E-state index contributed by atoms with van der Waals surface area (Å²) in [5.41, 5.74) is 4.54. The van der Waals surface area contributed by atoms with Gasteiger partial charge in [-0.2, -0.15) is 0 Å². The fourth-order valence-corrected chi connectivity index (χ4v) is 3.02. The number of carbonyl (C=O) groups excluding carboxylic acids is 1. The van der Waals surface area contributed by atoms with Crippen LogP contribution in [0.25, 0.3) is 10.9 Å². The third kappa shape index (κ3) is 3.33. The number of aryl methyl sites for hydroxylation is 2. The number of fused-ring (bicyclic) bond motifs is 1. The highest BCUT2D eigenvalue weighted by molar-refractivity contribution is 5.90. The molecule has 1 amide bonds. The van der Waals surface area contributed by atoms with Crippen LogP contribution in [0.1, 0.15) is 29.7 Å². The summed E-state index contributed by atoms with van der Waals surface area (Å²) in [6.07, 6.45) is 3.05. The summed E-state index contributed by atoms with van der Waals surface area (Å²) in [5, 5.41) is 4.22. The normalized spacial score (nSPS) is 14.7. The molecule has 2 aromatic rings. The van der Waals surface area contributed by atoms with Gasteiger partial charge in [0.05, 0.1) is 6.42 Å². The van der Waals surface area contributed by atoms with E-state index in [0.717, 1.165) is 35.9 Å². The molecular formula is C18H25N3O. The van der Waals surface area contributed by atoms with Crippen molar-refractivity contribution in [2.45, 2.75) is 39.2 Å². The minimum atomic E-state index is 0.106. The van der Waals surface area contributed by atoms with E-state index in [1.165, 1.54) is 23.8 Å². The van der Waals surface area contributed by atoms with Gasteiger partial charge in [-0.05, 0) is 51.4 Å². The number of hydrogen-bond acceptors (Lipinski definition) is 2. The van der Waals surface area contributed by atoms with Crippen LogP contribution in [0.3, 0.4) is 0 Å². The average molecular weight is 299 g/mol. The number of H-pyrrole nitrogens is 1. The van der Waals surface area contributed by atoms with E-state index >= 15 is 0 Å². The molecule has 118 valence electrons. The van der Waals surface area contributed by atoms with Gasteiger partial charge in [-0.1, -0.05) is 11.6 Å². The average Bonchev–Trinajstić information content (AvgIpc) is 3.27. The van der Waals surface area contributed by atoms with E-state index in [2.05, 4.69) is 47.4 Å². The fraction of sp³-hybridized carbons (Fsp3) is 0.500. The monoisotopic (exact) mass is 299 g/mol. The molecule has 1 heterocycles. The number of hydrogen-bond donors (Lipinski definition) is 2. The molecule has 0 radical (unpaired) electrons. The van der Waals surface area contributed by atoms with Crippen molar-refractivity contribution in [3.05, 3.63) is 35.0 Å². The summed E-state index contributed by atoms with van der Waals surface area (Å²) in [7, 11) is 2.14. The second-order valence-corrected chi connectivity index (χ2v) is 6.52. The van der Waals surface area contributed by atoms with Crippen LogP contribution >= 0.6 is 0 Å². The van der Waals surface area contributed by atoms with Gasteiger partial charge in [0.2, 0.25) is 5.91 Å². The van der Waals surface area contributed by atoms with Gasteiger partial charge >= 0.3 is 0 Å². The van der Waals surface area contributed by atoms with Crippen LogP contribution in [0.2, 0.25) is 0 Å². The lowest BCUT2D eigenvalue weighted by Gasteiger charge is -2.15. The van der Waals surface area contributed by atoms with Crippen molar-refractivity contribution in [2.75, 3.05) is 20.1 Å². The summed E-state index contributed by atoms with van der Waals surface area (Å²) in [6.45, 7) is 5.78. The maximum absolute atomic E-state index is 12.2. The van der Waals surface area contributed by atoms with Gasteiger partial charge in [-0.15, -0.1) is 0 Å². The van der Waals surface area contributed by atoms with E-state index in [4.69, 9.17) is 0 Å². The van der Waals surface area contributed by atoms with E-state index in [1.807, 2.05) is 6.92 Å². The molecule has 0 saturated heterocycles. The Kier molecular flexibility index (Phi) is 4.21. The first-order chi connectivity index (χ1) is 10.5. The summed E-state index contributed by atoms with van der Waals surface area (Å²) in [5.74, 6) is 0.106. The van der Waals surface area contributed by atoms with E-state index < -0.39 is 0 Å². The third-order valence-electron chi connectivity index (χ3n) is 4.57. The number of amides is 1. The molecule has 1 aromatic heterocycles. The number of rotatable bonds is 6. The minimum absolute atomic E-state index is 0.106. The Labute approximate surface area is 131 Å². The molecule has 0 spiro atoms. The molecule has 1 aromatic carbocycles. The summed E-state index contributed by atoms with van der Waals surface area (Å²) in [4.78, 5) is 17.9. The summed E-state index contributed by atoms with van der Waals surface area (Å²) in [6, 6.07) is 7.08. The van der Waals surface area contributed by atoms with Gasteiger partial charge in [0.25, 0.3) is 0 Å². The molecule has 0 atom stereocenters. The predicted molar refractivity (Wildman–Crippen MR) is 90.1 cm³/mol. The molecule has 1 aliphatic rings. The van der Waals surface area contributed by atoms with E-state index in [0.29, 0.717) is 6.42 Å².